The second kappa shape index (κ2) is 6.26. The molecule has 0 aliphatic heterocycles. The molecule has 3 aromatic rings. The molecule has 1 aromatic heterocycles. The van der Waals surface area contributed by atoms with Gasteiger partial charge in [-0.1, -0.05) is 34.1 Å². The van der Waals surface area contributed by atoms with E-state index in [0.29, 0.717) is 16.9 Å². The first-order valence-electron chi connectivity index (χ1n) is 6.76. The summed E-state index contributed by atoms with van der Waals surface area (Å²) in [6.45, 7) is 0. The van der Waals surface area contributed by atoms with Gasteiger partial charge >= 0.3 is 5.63 Å². The van der Waals surface area contributed by atoms with E-state index in [1.165, 1.54) is 7.11 Å². The van der Waals surface area contributed by atoms with Crippen LogP contribution in [0.15, 0.2) is 62.2 Å². The molecule has 0 aliphatic carbocycles. The Hall–Kier alpha value is -2.60. The summed E-state index contributed by atoms with van der Waals surface area (Å²) in [6, 6.07) is 13.7. The minimum Gasteiger partial charge on any atom is -0.496 e. The van der Waals surface area contributed by atoms with Gasteiger partial charge in [0.05, 0.1) is 12.7 Å². The van der Waals surface area contributed by atoms with Gasteiger partial charge in [0, 0.05) is 9.86 Å². The van der Waals surface area contributed by atoms with Crippen LogP contribution in [0.25, 0.3) is 11.0 Å². The summed E-state index contributed by atoms with van der Waals surface area (Å²) >= 11 is 3.31. The van der Waals surface area contributed by atoms with E-state index in [-0.39, 0.29) is 5.69 Å². The van der Waals surface area contributed by atoms with Crippen molar-refractivity contribution in [1.82, 2.24) is 0 Å². The fourth-order valence-corrected chi connectivity index (χ4v) is 2.56. The standard InChI is InChI=1S/C17H12BrNO4/c1-22-15-7-6-11(18)9-12(15)16(20)19-13-8-10-4-2-3-5-14(10)23-17(13)21/h2-9H,1H3,(H,19,20). The molecule has 1 heterocycles. The Morgan fingerprint density at radius 3 is 2.74 bits per heavy atom. The van der Waals surface area contributed by atoms with E-state index in [9.17, 15) is 9.59 Å². The molecule has 3 rings (SSSR count). The SMILES string of the molecule is COc1ccc(Br)cc1C(=O)Nc1cc2ccccc2oc1=O. The lowest BCUT2D eigenvalue weighted by atomic mass is 10.1. The number of ether oxygens (including phenoxy) is 1. The van der Waals surface area contributed by atoms with Crippen LogP contribution in [-0.4, -0.2) is 13.0 Å². The average Bonchev–Trinajstić information content (AvgIpc) is 2.55. The van der Waals surface area contributed by atoms with Crippen LogP contribution in [0.3, 0.4) is 0 Å². The predicted octanol–water partition coefficient (Wildman–Crippen LogP) is 3.82. The maximum Gasteiger partial charge on any atom is 0.360 e. The minimum atomic E-state index is -0.606. The largest absolute Gasteiger partial charge is 0.496 e. The number of fused-ring (bicyclic) bond motifs is 1. The first-order valence-corrected chi connectivity index (χ1v) is 7.55. The number of amides is 1. The van der Waals surface area contributed by atoms with E-state index in [1.807, 2.05) is 6.07 Å². The smallest absolute Gasteiger partial charge is 0.360 e. The van der Waals surface area contributed by atoms with E-state index in [2.05, 4.69) is 21.2 Å². The summed E-state index contributed by atoms with van der Waals surface area (Å²) in [6.07, 6.45) is 0. The molecule has 0 fully saturated rings. The molecule has 0 saturated heterocycles. The first-order chi connectivity index (χ1) is 11.1. The highest BCUT2D eigenvalue weighted by atomic mass is 79.9. The van der Waals surface area contributed by atoms with Gasteiger partial charge < -0.3 is 14.5 Å². The van der Waals surface area contributed by atoms with Crippen LogP contribution >= 0.6 is 15.9 Å². The number of methoxy groups -OCH3 is 1. The Bertz CT molecular complexity index is 949. The van der Waals surface area contributed by atoms with Crippen molar-refractivity contribution in [2.45, 2.75) is 0 Å². The van der Waals surface area contributed by atoms with Crippen molar-refractivity contribution in [2.75, 3.05) is 12.4 Å². The number of anilines is 1. The van der Waals surface area contributed by atoms with Crippen LogP contribution in [-0.2, 0) is 0 Å². The monoisotopic (exact) mass is 373 g/mol. The number of hydrogen-bond acceptors (Lipinski definition) is 4. The van der Waals surface area contributed by atoms with Gasteiger partial charge in [0.25, 0.3) is 5.91 Å². The third kappa shape index (κ3) is 3.12. The second-order valence-electron chi connectivity index (χ2n) is 4.78. The number of benzene rings is 2. The van der Waals surface area contributed by atoms with E-state index < -0.39 is 11.5 Å². The van der Waals surface area contributed by atoms with Crippen LogP contribution in [0.4, 0.5) is 5.69 Å². The van der Waals surface area contributed by atoms with Crippen molar-refractivity contribution < 1.29 is 13.9 Å². The topological polar surface area (TPSA) is 68.5 Å². The molecule has 23 heavy (non-hydrogen) atoms. The molecule has 0 radical (unpaired) electrons. The van der Waals surface area contributed by atoms with Crippen molar-refractivity contribution >= 4 is 38.5 Å². The highest BCUT2D eigenvalue weighted by molar-refractivity contribution is 9.10. The summed E-state index contributed by atoms with van der Waals surface area (Å²) in [4.78, 5) is 24.4. The lowest BCUT2D eigenvalue weighted by Gasteiger charge is -2.09. The van der Waals surface area contributed by atoms with Crippen LogP contribution in [0.2, 0.25) is 0 Å². The van der Waals surface area contributed by atoms with Crippen molar-refractivity contribution in [1.29, 1.82) is 0 Å². The Labute approximate surface area is 140 Å². The quantitative estimate of drug-likeness (QED) is 0.708. The van der Waals surface area contributed by atoms with E-state index in [1.54, 1.807) is 42.5 Å². The molecular weight excluding hydrogens is 362 g/mol. The Morgan fingerprint density at radius 2 is 1.96 bits per heavy atom. The zero-order valence-electron chi connectivity index (χ0n) is 12.1. The van der Waals surface area contributed by atoms with Crippen LogP contribution < -0.4 is 15.7 Å². The lowest BCUT2D eigenvalue weighted by Crippen LogP contribution is -2.18. The minimum absolute atomic E-state index is 0.0794. The zero-order valence-corrected chi connectivity index (χ0v) is 13.7. The van der Waals surface area contributed by atoms with E-state index in [4.69, 9.17) is 9.15 Å². The summed E-state index contributed by atoms with van der Waals surface area (Å²) in [5.74, 6) is -0.0402. The Kier molecular flexibility index (Phi) is 4.16. The van der Waals surface area contributed by atoms with Crippen LogP contribution in [0, 0.1) is 0 Å². The van der Waals surface area contributed by atoms with E-state index >= 15 is 0 Å². The number of nitrogens with one attached hydrogen (secondary N) is 1. The molecule has 0 atom stereocenters. The average molecular weight is 374 g/mol. The molecule has 0 spiro atoms. The van der Waals surface area contributed by atoms with E-state index in [0.717, 1.165) is 9.86 Å². The maximum absolute atomic E-state index is 12.4. The molecule has 0 aliphatic rings. The van der Waals surface area contributed by atoms with Crippen molar-refractivity contribution in [3.05, 3.63) is 69.0 Å². The molecular formula is C17H12BrNO4. The van der Waals surface area contributed by atoms with Gasteiger partial charge in [-0.15, -0.1) is 0 Å². The van der Waals surface area contributed by atoms with Crippen molar-refractivity contribution in [3.63, 3.8) is 0 Å². The van der Waals surface area contributed by atoms with Gasteiger partial charge in [0.1, 0.15) is 17.0 Å². The van der Waals surface area contributed by atoms with Gasteiger partial charge in [0.15, 0.2) is 0 Å². The first kappa shape index (κ1) is 15.3. The fourth-order valence-electron chi connectivity index (χ4n) is 2.20. The predicted molar refractivity (Wildman–Crippen MR) is 91.1 cm³/mol. The molecule has 2 aromatic carbocycles. The number of hydrogen-bond donors (Lipinski definition) is 1. The molecule has 5 nitrogen and oxygen atoms in total. The Morgan fingerprint density at radius 1 is 1.17 bits per heavy atom. The number of halogens is 1. The summed E-state index contributed by atoms with van der Waals surface area (Å²) in [7, 11) is 1.48. The highest BCUT2D eigenvalue weighted by Crippen LogP contribution is 2.24. The summed E-state index contributed by atoms with van der Waals surface area (Å²) in [5, 5.41) is 3.30. The molecule has 0 unspecified atom stereocenters. The third-order valence-corrected chi connectivity index (χ3v) is 3.79. The van der Waals surface area contributed by atoms with Crippen LogP contribution in [0.5, 0.6) is 5.75 Å². The fraction of sp³-hybridized carbons (Fsp3) is 0.0588. The van der Waals surface area contributed by atoms with Gasteiger partial charge in [0.2, 0.25) is 0 Å². The summed E-state index contributed by atoms with van der Waals surface area (Å²) < 4.78 is 11.1. The normalized spacial score (nSPS) is 10.5. The third-order valence-electron chi connectivity index (χ3n) is 3.30. The van der Waals surface area contributed by atoms with Gasteiger partial charge in [-0.05, 0) is 30.3 Å². The molecule has 0 bridgehead atoms. The summed E-state index contributed by atoms with van der Waals surface area (Å²) in [5.41, 5.74) is 0.256. The number of carbonyl (C=O) groups is 1. The maximum atomic E-state index is 12.4. The molecule has 6 heteroatoms. The number of rotatable bonds is 3. The van der Waals surface area contributed by atoms with Crippen molar-refractivity contribution in [2.24, 2.45) is 0 Å². The molecule has 1 amide bonds. The van der Waals surface area contributed by atoms with Gasteiger partial charge in [-0.3, -0.25) is 4.79 Å². The number of para-hydroxylation sites is 1. The van der Waals surface area contributed by atoms with Crippen LogP contribution in [0.1, 0.15) is 10.4 Å². The molecule has 1 N–H and O–H groups in total. The van der Waals surface area contributed by atoms with Gasteiger partial charge in [-0.25, -0.2) is 4.79 Å². The highest BCUT2D eigenvalue weighted by Gasteiger charge is 2.15. The second-order valence-corrected chi connectivity index (χ2v) is 5.70. The molecule has 116 valence electrons. The van der Waals surface area contributed by atoms with Crippen molar-refractivity contribution in [3.8, 4) is 5.75 Å². The Balaban J connectivity index is 1.99. The lowest BCUT2D eigenvalue weighted by molar-refractivity contribution is 0.102. The number of carbonyl (C=O) groups excluding carboxylic acids is 1. The molecule has 0 saturated carbocycles. The zero-order chi connectivity index (χ0) is 16.4. The van der Waals surface area contributed by atoms with Gasteiger partial charge in [-0.2, -0.15) is 0 Å².